The van der Waals surface area contributed by atoms with Crippen molar-refractivity contribution in [1.82, 2.24) is 9.61 Å². The molecule has 1 aliphatic heterocycles. The number of rotatable bonds is 2. The minimum absolute atomic E-state index is 0.124. The fourth-order valence-corrected chi connectivity index (χ4v) is 3.26. The molecule has 5 heteroatoms. The lowest BCUT2D eigenvalue weighted by Gasteiger charge is -2.27. The van der Waals surface area contributed by atoms with Crippen LogP contribution >= 0.6 is 0 Å². The van der Waals surface area contributed by atoms with Crippen LogP contribution in [0.2, 0.25) is 0 Å². The zero-order valence-electron chi connectivity index (χ0n) is 11.9. The first-order valence-corrected chi connectivity index (χ1v) is 7.37. The minimum Gasteiger partial charge on any atom is -0.364 e. The van der Waals surface area contributed by atoms with E-state index in [9.17, 15) is 8.78 Å². The number of aromatic nitrogens is 2. The highest BCUT2D eigenvalue weighted by Crippen LogP contribution is 2.37. The summed E-state index contributed by atoms with van der Waals surface area (Å²) in [5.41, 5.74) is 2.44. The van der Waals surface area contributed by atoms with Crippen molar-refractivity contribution < 1.29 is 8.78 Å². The summed E-state index contributed by atoms with van der Waals surface area (Å²) < 4.78 is 29.4. The summed E-state index contributed by atoms with van der Waals surface area (Å²) in [7, 11) is 0. The average molecular weight is 299 g/mol. The van der Waals surface area contributed by atoms with E-state index >= 15 is 0 Å². The second-order valence-electron chi connectivity index (χ2n) is 5.60. The highest BCUT2D eigenvalue weighted by atomic mass is 19.1. The molecule has 112 valence electrons. The van der Waals surface area contributed by atoms with Crippen molar-refractivity contribution in [1.29, 1.82) is 0 Å². The molecule has 1 atom stereocenters. The van der Waals surface area contributed by atoms with Gasteiger partial charge in [-0.2, -0.15) is 5.10 Å². The number of hydrogen-bond acceptors (Lipinski definition) is 2. The van der Waals surface area contributed by atoms with Crippen LogP contribution in [0.3, 0.4) is 0 Å². The highest BCUT2D eigenvalue weighted by molar-refractivity contribution is 5.60. The van der Waals surface area contributed by atoms with Crippen LogP contribution in [-0.4, -0.2) is 16.2 Å². The zero-order chi connectivity index (χ0) is 15.1. The first-order valence-electron chi connectivity index (χ1n) is 7.37. The van der Waals surface area contributed by atoms with E-state index in [0.717, 1.165) is 36.7 Å². The third kappa shape index (κ3) is 2.13. The van der Waals surface area contributed by atoms with E-state index in [0.29, 0.717) is 5.56 Å². The number of pyridine rings is 1. The summed E-state index contributed by atoms with van der Waals surface area (Å²) >= 11 is 0. The van der Waals surface area contributed by atoms with Crippen LogP contribution < -0.4 is 4.90 Å². The van der Waals surface area contributed by atoms with Gasteiger partial charge < -0.3 is 4.90 Å². The van der Waals surface area contributed by atoms with Gasteiger partial charge in [0, 0.05) is 30.2 Å². The fraction of sp³-hybridized carbons (Fsp3) is 0.235. The molecule has 1 fully saturated rings. The van der Waals surface area contributed by atoms with Gasteiger partial charge in [-0.15, -0.1) is 0 Å². The molecule has 2 aromatic heterocycles. The van der Waals surface area contributed by atoms with Gasteiger partial charge in [-0.3, -0.25) is 0 Å². The summed E-state index contributed by atoms with van der Waals surface area (Å²) in [5.74, 6) is -0.738. The molecule has 4 rings (SSSR count). The van der Waals surface area contributed by atoms with Gasteiger partial charge in [-0.1, -0.05) is 0 Å². The summed E-state index contributed by atoms with van der Waals surface area (Å²) in [4.78, 5) is 2.14. The van der Waals surface area contributed by atoms with Crippen molar-refractivity contribution in [3.8, 4) is 0 Å². The Labute approximate surface area is 126 Å². The van der Waals surface area contributed by atoms with Crippen molar-refractivity contribution in [2.45, 2.75) is 18.9 Å². The molecule has 0 saturated carbocycles. The van der Waals surface area contributed by atoms with Crippen molar-refractivity contribution in [3.05, 3.63) is 66.0 Å². The maximum absolute atomic E-state index is 14.1. The number of anilines is 1. The smallest absolute Gasteiger partial charge is 0.128 e. The molecule has 3 aromatic rings. The second kappa shape index (κ2) is 5.09. The number of benzene rings is 1. The Morgan fingerprint density at radius 1 is 1.09 bits per heavy atom. The normalized spacial score (nSPS) is 18.3. The van der Waals surface area contributed by atoms with Crippen molar-refractivity contribution >= 4 is 11.2 Å². The van der Waals surface area contributed by atoms with Gasteiger partial charge in [-0.05, 0) is 49.2 Å². The van der Waals surface area contributed by atoms with Gasteiger partial charge in [-0.25, -0.2) is 13.3 Å². The molecule has 1 saturated heterocycles. The van der Waals surface area contributed by atoms with Crippen LogP contribution in [-0.2, 0) is 0 Å². The molecule has 3 heterocycles. The molecule has 0 spiro atoms. The molecule has 1 aromatic carbocycles. The molecular formula is C17H15F2N3. The second-order valence-corrected chi connectivity index (χ2v) is 5.60. The van der Waals surface area contributed by atoms with Crippen molar-refractivity contribution in [3.63, 3.8) is 0 Å². The predicted molar refractivity (Wildman–Crippen MR) is 80.9 cm³/mol. The Morgan fingerprint density at radius 3 is 2.91 bits per heavy atom. The quantitative estimate of drug-likeness (QED) is 0.714. The third-order valence-corrected chi connectivity index (χ3v) is 4.28. The van der Waals surface area contributed by atoms with Crippen LogP contribution in [0.1, 0.15) is 24.4 Å². The number of nitrogens with zero attached hydrogens (tertiary/aromatic N) is 3. The van der Waals surface area contributed by atoms with Gasteiger partial charge in [0.2, 0.25) is 0 Å². The Balaban J connectivity index is 1.75. The lowest BCUT2D eigenvalue weighted by molar-refractivity contribution is 0.561. The third-order valence-electron chi connectivity index (χ3n) is 4.28. The van der Waals surface area contributed by atoms with E-state index in [2.05, 4.69) is 10.00 Å². The average Bonchev–Trinajstić information content (AvgIpc) is 3.17. The van der Waals surface area contributed by atoms with Crippen LogP contribution in [0.4, 0.5) is 14.5 Å². The topological polar surface area (TPSA) is 20.5 Å². The molecule has 0 aliphatic carbocycles. The summed E-state index contributed by atoms with van der Waals surface area (Å²) in [6.07, 6.45) is 5.42. The van der Waals surface area contributed by atoms with Gasteiger partial charge >= 0.3 is 0 Å². The zero-order valence-corrected chi connectivity index (χ0v) is 11.9. The SMILES string of the molecule is Fc1ccc(F)c(C2CCCN2c2ccn3nccc3c2)c1. The Kier molecular flexibility index (Phi) is 3.06. The predicted octanol–water partition coefficient (Wildman–Crippen LogP) is 3.95. The Hall–Kier alpha value is -2.43. The highest BCUT2D eigenvalue weighted by Gasteiger charge is 2.28. The number of fused-ring (bicyclic) bond motifs is 1. The lowest BCUT2D eigenvalue weighted by atomic mass is 10.0. The van der Waals surface area contributed by atoms with Crippen LogP contribution in [0.5, 0.6) is 0 Å². The van der Waals surface area contributed by atoms with Gasteiger partial charge in [0.05, 0.1) is 11.6 Å². The summed E-state index contributed by atoms with van der Waals surface area (Å²) in [5, 5.41) is 4.18. The molecule has 22 heavy (non-hydrogen) atoms. The van der Waals surface area contributed by atoms with Gasteiger partial charge in [0.25, 0.3) is 0 Å². The number of hydrogen-bond donors (Lipinski definition) is 0. The standard InChI is InChI=1S/C17H15F2N3/c18-12-3-4-16(19)15(10-12)17-2-1-8-21(17)13-6-9-22-14(11-13)5-7-20-22/h3-7,9-11,17H,1-2,8H2. The van der Waals surface area contributed by atoms with E-state index in [1.165, 1.54) is 12.1 Å². The maximum Gasteiger partial charge on any atom is 0.128 e. The first kappa shape index (κ1) is 13.2. The molecule has 3 nitrogen and oxygen atoms in total. The summed E-state index contributed by atoms with van der Waals surface area (Å²) in [6.45, 7) is 0.838. The van der Waals surface area contributed by atoms with Crippen molar-refractivity contribution in [2.75, 3.05) is 11.4 Å². The maximum atomic E-state index is 14.1. The monoisotopic (exact) mass is 299 g/mol. The van der Waals surface area contributed by atoms with E-state index in [-0.39, 0.29) is 11.9 Å². The molecule has 0 bridgehead atoms. The molecular weight excluding hydrogens is 284 g/mol. The Bertz CT molecular complexity index is 828. The molecule has 1 aliphatic rings. The molecule has 0 N–H and O–H groups in total. The van der Waals surface area contributed by atoms with Crippen LogP contribution in [0.15, 0.2) is 48.8 Å². The van der Waals surface area contributed by atoms with Gasteiger partial charge in [0.15, 0.2) is 0 Å². The Morgan fingerprint density at radius 2 is 2.00 bits per heavy atom. The first-order chi connectivity index (χ1) is 10.7. The largest absolute Gasteiger partial charge is 0.364 e. The molecule has 1 unspecified atom stereocenters. The van der Waals surface area contributed by atoms with Crippen molar-refractivity contribution in [2.24, 2.45) is 0 Å². The van der Waals surface area contributed by atoms with E-state index in [4.69, 9.17) is 0 Å². The molecule has 0 radical (unpaired) electrons. The van der Waals surface area contributed by atoms with Gasteiger partial charge in [0.1, 0.15) is 11.6 Å². The van der Waals surface area contributed by atoms with Crippen LogP contribution in [0, 0.1) is 11.6 Å². The van der Waals surface area contributed by atoms with E-state index < -0.39 is 5.82 Å². The summed E-state index contributed by atoms with van der Waals surface area (Å²) in [6, 6.07) is 9.49. The fourth-order valence-electron chi connectivity index (χ4n) is 3.26. The molecule has 0 amide bonds. The lowest BCUT2D eigenvalue weighted by Crippen LogP contribution is -2.23. The van der Waals surface area contributed by atoms with Crippen LogP contribution in [0.25, 0.3) is 5.52 Å². The van der Waals surface area contributed by atoms with E-state index in [1.807, 2.05) is 24.4 Å². The minimum atomic E-state index is -0.394. The number of halogens is 2. The van der Waals surface area contributed by atoms with E-state index in [1.54, 1.807) is 10.7 Å².